The van der Waals surface area contributed by atoms with Crippen molar-refractivity contribution < 1.29 is 30.7 Å². The van der Waals surface area contributed by atoms with Crippen molar-refractivity contribution in [1.82, 2.24) is 4.98 Å². The molecule has 0 atom stereocenters. The molecule has 0 spiro atoms. The zero-order valence-electron chi connectivity index (χ0n) is 6.09. The molecule has 0 N–H and O–H groups in total. The molecule has 1 aromatic heterocycles. The first-order valence-corrected chi connectivity index (χ1v) is 3.02. The molecule has 0 saturated carbocycles. The monoisotopic (exact) mass is 219 g/mol. The van der Waals surface area contributed by atoms with Crippen molar-refractivity contribution in [3.8, 4) is 0 Å². The smallest absolute Gasteiger partial charge is 0.201 e. The molecule has 0 aliphatic heterocycles. The maximum Gasteiger partial charge on any atom is 0.422 e. The van der Waals surface area contributed by atoms with E-state index in [4.69, 9.17) is 0 Å². The van der Waals surface area contributed by atoms with Crippen LogP contribution in [0.5, 0.6) is 0 Å². The van der Waals surface area contributed by atoms with E-state index in [0.717, 1.165) is 0 Å². The summed E-state index contributed by atoms with van der Waals surface area (Å²) in [4.78, 5) is 1.96. The summed E-state index contributed by atoms with van der Waals surface area (Å²) in [6, 6.07) is 0. The lowest BCUT2D eigenvalue weighted by atomic mass is 10.2. The second kappa shape index (κ2) is 3.10. The molecule has 0 aromatic carbocycles. The predicted octanol–water partition coefficient (Wildman–Crippen LogP) is 2.66. The highest BCUT2D eigenvalue weighted by molar-refractivity contribution is 5.20. The van der Waals surface area contributed by atoms with Gasteiger partial charge in [-0.3, -0.25) is 0 Å². The Bertz CT molecular complexity index is 343. The van der Waals surface area contributed by atoms with Crippen molar-refractivity contribution in [2.45, 2.75) is 6.18 Å². The van der Waals surface area contributed by atoms with Gasteiger partial charge in [0.2, 0.25) is 0 Å². The molecule has 8 heteroatoms. The first-order valence-electron chi connectivity index (χ1n) is 3.02. The van der Waals surface area contributed by atoms with Crippen LogP contribution in [-0.4, -0.2) is 4.98 Å². The van der Waals surface area contributed by atoms with Gasteiger partial charge in [0.25, 0.3) is 11.9 Å². The maximum atomic E-state index is 12.4. The number of rotatable bonds is 0. The van der Waals surface area contributed by atoms with Gasteiger partial charge < -0.3 is 0 Å². The van der Waals surface area contributed by atoms with Crippen LogP contribution in [0, 0.1) is 23.5 Å². The number of pyridine rings is 1. The normalized spacial score (nSPS) is 11.9. The van der Waals surface area contributed by atoms with Crippen LogP contribution < -0.4 is 0 Å². The van der Waals surface area contributed by atoms with Crippen LogP contribution >= 0.6 is 0 Å². The first kappa shape index (κ1) is 10.7. The zero-order valence-corrected chi connectivity index (χ0v) is 6.09. The van der Waals surface area contributed by atoms with Crippen molar-refractivity contribution >= 4 is 0 Å². The number of aromatic nitrogens is 1. The average molecular weight is 219 g/mol. The van der Waals surface area contributed by atoms with E-state index < -0.39 is 35.3 Å². The fourth-order valence-corrected chi connectivity index (χ4v) is 0.736. The van der Waals surface area contributed by atoms with Crippen molar-refractivity contribution in [3.05, 3.63) is 29.1 Å². The molecule has 0 saturated heterocycles. The first-order chi connectivity index (χ1) is 6.25. The number of alkyl halides is 3. The minimum Gasteiger partial charge on any atom is -0.201 e. The van der Waals surface area contributed by atoms with E-state index in [1.807, 2.05) is 4.98 Å². The maximum absolute atomic E-state index is 12.4. The van der Waals surface area contributed by atoms with Gasteiger partial charge in [-0.15, -0.1) is 0 Å². The molecule has 78 valence electrons. The van der Waals surface area contributed by atoms with Crippen LogP contribution in [0.15, 0.2) is 0 Å². The minimum absolute atomic E-state index is 1.96. The summed E-state index contributed by atoms with van der Waals surface area (Å²) in [6.07, 6.45) is -5.52. The highest BCUT2D eigenvalue weighted by Gasteiger charge is 2.41. The third-order valence-corrected chi connectivity index (χ3v) is 1.28. The molecule has 1 rings (SSSR count). The number of halogens is 7. The van der Waals surface area contributed by atoms with E-state index in [-0.39, 0.29) is 0 Å². The van der Waals surface area contributed by atoms with Crippen LogP contribution in [0.4, 0.5) is 30.7 Å². The molecular formula is C6F7N. The Kier molecular flexibility index (Phi) is 2.38. The van der Waals surface area contributed by atoms with Crippen LogP contribution in [0.2, 0.25) is 0 Å². The third kappa shape index (κ3) is 1.64. The summed E-state index contributed by atoms with van der Waals surface area (Å²) >= 11 is 0. The van der Waals surface area contributed by atoms with E-state index >= 15 is 0 Å². The van der Waals surface area contributed by atoms with Gasteiger partial charge in [-0.05, 0) is 0 Å². The SMILES string of the molecule is Fc1nc(F)c(F)c(C(F)(F)F)c1F. The summed E-state index contributed by atoms with van der Waals surface area (Å²) in [5.41, 5.74) is -2.62. The summed E-state index contributed by atoms with van der Waals surface area (Å²) in [5, 5.41) is 0. The fourth-order valence-electron chi connectivity index (χ4n) is 0.736. The summed E-state index contributed by atoms with van der Waals surface area (Å²) in [7, 11) is 0. The summed E-state index contributed by atoms with van der Waals surface area (Å²) < 4.78 is 84.5. The van der Waals surface area contributed by atoms with E-state index in [0.29, 0.717) is 0 Å². The highest BCUT2D eigenvalue weighted by Crippen LogP contribution is 2.34. The Morgan fingerprint density at radius 2 is 1.14 bits per heavy atom. The van der Waals surface area contributed by atoms with Gasteiger partial charge in [-0.2, -0.15) is 26.9 Å². The Morgan fingerprint density at radius 3 is 1.43 bits per heavy atom. The van der Waals surface area contributed by atoms with Crippen molar-refractivity contribution in [1.29, 1.82) is 0 Å². The van der Waals surface area contributed by atoms with Gasteiger partial charge in [0, 0.05) is 0 Å². The standard InChI is InChI=1S/C6F7N/c7-2-1(6(11,12)13)3(8)5(10)14-4(2)9. The van der Waals surface area contributed by atoms with Crippen LogP contribution in [-0.2, 0) is 6.18 Å². The van der Waals surface area contributed by atoms with E-state index in [1.165, 1.54) is 0 Å². The molecule has 0 radical (unpaired) electrons. The van der Waals surface area contributed by atoms with Crippen LogP contribution in [0.25, 0.3) is 0 Å². The fraction of sp³-hybridized carbons (Fsp3) is 0.167. The molecule has 0 fully saturated rings. The Hall–Kier alpha value is -1.34. The number of hydrogen-bond acceptors (Lipinski definition) is 1. The van der Waals surface area contributed by atoms with Gasteiger partial charge in [0.05, 0.1) is 0 Å². The molecule has 0 bridgehead atoms. The quantitative estimate of drug-likeness (QED) is 0.482. The zero-order chi connectivity index (χ0) is 11.1. The van der Waals surface area contributed by atoms with Gasteiger partial charge in [0.1, 0.15) is 5.56 Å². The van der Waals surface area contributed by atoms with Gasteiger partial charge in [-0.1, -0.05) is 0 Å². The van der Waals surface area contributed by atoms with Crippen LogP contribution in [0.1, 0.15) is 5.56 Å². The topological polar surface area (TPSA) is 12.9 Å². The predicted molar refractivity (Wildman–Crippen MR) is 29.1 cm³/mol. The van der Waals surface area contributed by atoms with E-state index in [2.05, 4.69) is 0 Å². The molecule has 0 amide bonds. The largest absolute Gasteiger partial charge is 0.422 e. The highest BCUT2D eigenvalue weighted by atomic mass is 19.4. The minimum atomic E-state index is -5.52. The lowest BCUT2D eigenvalue weighted by molar-refractivity contribution is -0.143. The molecule has 0 aliphatic carbocycles. The van der Waals surface area contributed by atoms with Gasteiger partial charge in [-0.25, -0.2) is 8.78 Å². The third-order valence-electron chi connectivity index (χ3n) is 1.28. The summed E-state index contributed by atoms with van der Waals surface area (Å²) in [5.74, 6) is -9.79. The van der Waals surface area contributed by atoms with E-state index in [1.54, 1.807) is 0 Å². The second-order valence-corrected chi connectivity index (χ2v) is 2.19. The molecule has 0 unspecified atom stereocenters. The van der Waals surface area contributed by atoms with Crippen molar-refractivity contribution in [3.63, 3.8) is 0 Å². The lowest BCUT2D eigenvalue weighted by Gasteiger charge is -2.08. The molecule has 1 nitrogen and oxygen atoms in total. The Balaban J connectivity index is 3.56. The summed E-state index contributed by atoms with van der Waals surface area (Å²) in [6.45, 7) is 0. The molecular weight excluding hydrogens is 219 g/mol. The molecule has 0 aliphatic rings. The van der Waals surface area contributed by atoms with Crippen LogP contribution in [0.3, 0.4) is 0 Å². The lowest BCUT2D eigenvalue weighted by Crippen LogP contribution is -2.16. The number of hydrogen-bond donors (Lipinski definition) is 0. The molecule has 1 aromatic rings. The molecule has 14 heavy (non-hydrogen) atoms. The van der Waals surface area contributed by atoms with Gasteiger partial charge in [0.15, 0.2) is 11.6 Å². The average Bonchev–Trinajstić information content (AvgIpc) is 1.98. The second-order valence-electron chi connectivity index (χ2n) is 2.19. The Labute approximate surface area is 72.2 Å². The van der Waals surface area contributed by atoms with E-state index in [9.17, 15) is 30.7 Å². The Morgan fingerprint density at radius 1 is 0.786 bits per heavy atom. The number of nitrogens with zero attached hydrogens (tertiary/aromatic N) is 1. The van der Waals surface area contributed by atoms with Crippen molar-refractivity contribution in [2.75, 3.05) is 0 Å². The molecule has 1 heterocycles. The van der Waals surface area contributed by atoms with Gasteiger partial charge >= 0.3 is 6.18 Å². The van der Waals surface area contributed by atoms with Crippen molar-refractivity contribution in [2.24, 2.45) is 0 Å².